The molecule has 3 aromatic rings. The highest BCUT2D eigenvalue weighted by molar-refractivity contribution is 5.81. The number of nitrogens with zero attached hydrogens (tertiary/aromatic N) is 2. The van der Waals surface area contributed by atoms with Gasteiger partial charge in [-0.3, -0.25) is 4.79 Å². The Labute approximate surface area is 138 Å². The molecule has 0 aliphatic rings. The van der Waals surface area contributed by atoms with E-state index in [1.165, 1.54) is 12.1 Å². The minimum Gasteiger partial charge on any atom is -0.378 e. The van der Waals surface area contributed by atoms with Crippen molar-refractivity contribution in [2.45, 2.75) is 12.5 Å². The number of carbonyl (C=O) groups is 1. The number of carbonyl (C=O) groups excluding carboxylic acids is 1. The zero-order chi connectivity index (χ0) is 17.1. The topological polar surface area (TPSA) is 67.2 Å². The first kappa shape index (κ1) is 16.1. The first-order valence-electron chi connectivity index (χ1n) is 7.68. The zero-order valence-electron chi connectivity index (χ0n) is 13.2. The number of hydrogen-bond acceptors (Lipinski definition) is 3. The van der Waals surface area contributed by atoms with E-state index in [-0.39, 0.29) is 5.82 Å². The maximum Gasteiger partial charge on any atom is 0.253 e. The Morgan fingerprint density at radius 2 is 2.04 bits per heavy atom. The summed E-state index contributed by atoms with van der Waals surface area (Å²) in [4.78, 5) is 16.4. The van der Waals surface area contributed by atoms with E-state index in [4.69, 9.17) is 0 Å². The number of aryl methyl sites for hydroxylation is 1. The molecule has 1 unspecified atom stereocenters. The molecule has 3 rings (SSSR count). The van der Waals surface area contributed by atoms with Gasteiger partial charge in [0.25, 0.3) is 5.91 Å². The van der Waals surface area contributed by atoms with Crippen LogP contribution in [0, 0.1) is 5.82 Å². The number of halogens is 1. The van der Waals surface area contributed by atoms with Gasteiger partial charge in [0.15, 0.2) is 6.10 Å². The molecule has 0 spiro atoms. The number of hydrogen-bond donors (Lipinski definition) is 2. The SMILES string of the molecule is Cn1c(CCNC(=O)C(O)c2ccccc2)nc2cc(F)ccc21. The first-order valence-corrected chi connectivity index (χ1v) is 7.68. The predicted molar refractivity (Wildman–Crippen MR) is 88.8 cm³/mol. The van der Waals surface area contributed by atoms with Gasteiger partial charge in [-0.2, -0.15) is 0 Å². The second-order valence-electron chi connectivity index (χ2n) is 5.57. The normalized spacial score (nSPS) is 12.3. The van der Waals surface area contributed by atoms with Crippen LogP contribution in [0.1, 0.15) is 17.5 Å². The number of nitrogens with one attached hydrogen (secondary N) is 1. The van der Waals surface area contributed by atoms with Crippen LogP contribution >= 0.6 is 0 Å². The Kier molecular flexibility index (Phi) is 4.57. The van der Waals surface area contributed by atoms with Crippen molar-refractivity contribution in [1.82, 2.24) is 14.9 Å². The lowest BCUT2D eigenvalue weighted by Crippen LogP contribution is -2.31. The summed E-state index contributed by atoms with van der Waals surface area (Å²) in [5, 5.41) is 12.7. The van der Waals surface area contributed by atoms with Crippen LogP contribution in [0.5, 0.6) is 0 Å². The number of aliphatic hydroxyl groups excluding tert-OH is 1. The third-order valence-electron chi connectivity index (χ3n) is 3.95. The molecule has 1 amide bonds. The number of fused-ring (bicyclic) bond motifs is 1. The van der Waals surface area contributed by atoms with Crippen LogP contribution in [-0.4, -0.2) is 27.1 Å². The van der Waals surface area contributed by atoms with Gasteiger partial charge in [0.1, 0.15) is 11.6 Å². The molecule has 24 heavy (non-hydrogen) atoms. The number of benzene rings is 2. The average Bonchev–Trinajstić information content (AvgIpc) is 2.90. The molecule has 0 aliphatic carbocycles. The Balaban J connectivity index is 1.62. The van der Waals surface area contributed by atoms with Crippen molar-refractivity contribution in [2.24, 2.45) is 7.05 Å². The van der Waals surface area contributed by atoms with E-state index in [0.717, 1.165) is 11.3 Å². The highest BCUT2D eigenvalue weighted by Crippen LogP contribution is 2.16. The summed E-state index contributed by atoms with van der Waals surface area (Å²) in [7, 11) is 1.85. The van der Waals surface area contributed by atoms with Gasteiger partial charge in [0.2, 0.25) is 0 Å². The molecular weight excluding hydrogens is 309 g/mol. The molecule has 5 nitrogen and oxygen atoms in total. The van der Waals surface area contributed by atoms with Crippen molar-refractivity contribution < 1.29 is 14.3 Å². The van der Waals surface area contributed by atoms with E-state index in [1.54, 1.807) is 30.3 Å². The van der Waals surface area contributed by atoms with Crippen molar-refractivity contribution in [3.63, 3.8) is 0 Å². The van der Waals surface area contributed by atoms with Crippen LogP contribution in [-0.2, 0) is 18.3 Å². The quantitative estimate of drug-likeness (QED) is 0.754. The molecule has 0 radical (unpaired) electrons. The molecule has 1 heterocycles. The van der Waals surface area contributed by atoms with Crippen LogP contribution < -0.4 is 5.32 Å². The van der Waals surface area contributed by atoms with E-state index in [2.05, 4.69) is 10.3 Å². The van der Waals surface area contributed by atoms with Crippen LogP contribution in [0.25, 0.3) is 11.0 Å². The summed E-state index contributed by atoms with van der Waals surface area (Å²) < 4.78 is 15.1. The zero-order valence-corrected chi connectivity index (χ0v) is 13.2. The maximum atomic E-state index is 13.3. The van der Waals surface area contributed by atoms with Crippen molar-refractivity contribution in [3.8, 4) is 0 Å². The van der Waals surface area contributed by atoms with Crippen molar-refractivity contribution in [3.05, 3.63) is 65.7 Å². The Morgan fingerprint density at radius 1 is 1.29 bits per heavy atom. The molecule has 0 saturated carbocycles. The molecule has 0 fully saturated rings. The van der Waals surface area contributed by atoms with Crippen molar-refractivity contribution >= 4 is 16.9 Å². The summed E-state index contributed by atoms with van der Waals surface area (Å²) in [5.74, 6) is -0.0393. The van der Waals surface area contributed by atoms with E-state index >= 15 is 0 Å². The van der Waals surface area contributed by atoms with Gasteiger partial charge in [-0.1, -0.05) is 30.3 Å². The highest BCUT2D eigenvalue weighted by Gasteiger charge is 2.16. The van der Waals surface area contributed by atoms with Crippen LogP contribution in [0.4, 0.5) is 4.39 Å². The fourth-order valence-electron chi connectivity index (χ4n) is 2.63. The lowest BCUT2D eigenvalue weighted by molar-refractivity contribution is -0.129. The van der Waals surface area contributed by atoms with E-state index < -0.39 is 12.0 Å². The Hall–Kier alpha value is -2.73. The van der Waals surface area contributed by atoms with Crippen molar-refractivity contribution in [1.29, 1.82) is 0 Å². The number of amides is 1. The molecule has 1 aromatic heterocycles. The lowest BCUT2D eigenvalue weighted by atomic mass is 10.1. The Bertz CT molecular complexity index is 861. The second-order valence-corrected chi connectivity index (χ2v) is 5.57. The lowest BCUT2D eigenvalue weighted by Gasteiger charge is -2.11. The maximum absolute atomic E-state index is 13.3. The minimum absolute atomic E-state index is 0.327. The van der Waals surface area contributed by atoms with Gasteiger partial charge in [-0.25, -0.2) is 9.37 Å². The number of aliphatic hydroxyl groups is 1. The van der Waals surface area contributed by atoms with Crippen LogP contribution in [0.2, 0.25) is 0 Å². The smallest absolute Gasteiger partial charge is 0.253 e. The molecule has 0 bridgehead atoms. The van der Waals surface area contributed by atoms with E-state index in [0.29, 0.717) is 24.0 Å². The van der Waals surface area contributed by atoms with Gasteiger partial charge in [0.05, 0.1) is 11.0 Å². The summed E-state index contributed by atoms with van der Waals surface area (Å²) in [6.07, 6.45) is -0.708. The minimum atomic E-state index is -1.19. The summed E-state index contributed by atoms with van der Waals surface area (Å²) >= 11 is 0. The molecule has 0 saturated heterocycles. The van der Waals surface area contributed by atoms with Crippen LogP contribution in [0.15, 0.2) is 48.5 Å². The molecule has 6 heteroatoms. The largest absolute Gasteiger partial charge is 0.378 e. The fourth-order valence-corrected chi connectivity index (χ4v) is 2.63. The van der Waals surface area contributed by atoms with Crippen LogP contribution in [0.3, 0.4) is 0 Å². The van der Waals surface area contributed by atoms with Gasteiger partial charge in [-0.15, -0.1) is 0 Å². The highest BCUT2D eigenvalue weighted by atomic mass is 19.1. The third-order valence-corrected chi connectivity index (χ3v) is 3.95. The Morgan fingerprint density at radius 3 is 2.79 bits per heavy atom. The monoisotopic (exact) mass is 327 g/mol. The average molecular weight is 327 g/mol. The fraction of sp³-hybridized carbons (Fsp3) is 0.222. The molecule has 124 valence electrons. The summed E-state index contributed by atoms with van der Waals surface area (Å²) in [6.45, 7) is 0.336. The predicted octanol–water partition coefficient (Wildman–Crippen LogP) is 2.10. The second kappa shape index (κ2) is 6.80. The summed E-state index contributed by atoms with van der Waals surface area (Å²) in [5.41, 5.74) is 1.97. The summed E-state index contributed by atoms with van der Waals surface area (Å²) in [6, 6.07) is 13.2. The molecule has 0 aliphatic heterocycles. The molecular formula is C18H18FN3O2. The van der Waals surface area contributed by atoms with Gasteiger partial charge in [0, 0.05) is 26.1 Å². The molecule has 1 atom stereocenters. The molecule has 2 N–H and O–H groups in total. The molecule has 2 aromatic carbocycles. The van der Waals surface area contributed by atoms with Gasteiger partial charge in [-0.05, 0) is 17.7 Å². The third kappa shape index (κ3) is 3.28. The van der Waals surface area contributed by atoms with E-state index in [1.807, 2.05) is 17.7 Å². The standard InChI is InChI=1S/C18H18FN3O2/c1-22-15-8-7-13(19)11-14(15)21-16(22)9-10-20-18(24)17(23)12-5-3-2-4-6-12/h2-8,11,17,23H,9-10H2,1H3,(H,20,24). The van der Waals surface area contributed by atoms with Crippen molar-refractivity contribution in [2.75, 3.05) is 6.54 Å². The first-order chi connectivity index (χ1) is 11.6. The van der Waals surface area contributed by atoms with E-state index in [9.17, 15) is 14.3 Å². The van der Waals surface area contributed by atoms with Gasteiger partial charge >= 0.3 is 0 Å². The number of imidazole rings is 1. The van der Waals surface area contributed by atoms with Gasteiger partial charge < -0.3 is 15.0 Å². The number of rotatable bonds is 5. The number of aromatic nitrogens is 2.